The van der Waals surface area contributed by atoms with Gasteiger partial charge in [0.25, 0.3) is 5.69 Å². The molecule has 26 heavy (non-hydrogen) atoms. The van der Waals surface area contributed by atoms with Gasteiger partial charge in [-0.1, -0.05) is 30.3 Å². The number of nitro benzene ring substituents is 1. The summed E-state index contributed by atoms with van der Waals surface area (Å²) < 4.78 is 25.5. The number of rotatable bonds is 9. The first-order valence-corrected chi connectivity index (χ1v) is 10.1. The van der Waals surface area contributed by atoms with Crippen molar-refractivity contribution >= 4 is 21.4 Å². The van der Waals surface area contributed by atoms with Gasteiger partial charge in [-0.25, -0.2) is 8.42 Å². The number of hydrogen-bond donors (Lipinski definition) is 0. The van der Waals surface area contributed by atoms with Gasteiger partial charge in [0.1, 0.15) is 0 Å². The van der Waals surface area contributed by atoms with Crippen LogP contribution in [-0.2, 0) is 16.6 Å². The molecule has 0 unspecified atom stereocenters. The molecule has 0 spiro atoms. The van der Waals surface area contributed by atoms with Crippen LogP contribution >= 0.6 is 0 Å². The van der Waals surface area contributed by atoms with E-state index in [2.05, 4.69) is 17.0 Å². The molecule has 0 amide bonds. The van der Waals surface area contributed by atoms with Crippen molar-refractivity contribution in [2.24, 2.45) is 0 Å². The van der Waals surface area contributed by atoms with E-state index < -0.39 is 14.9 Å². The molecular weight excluding hydrogens is 354 g/mol. The van der Waals surface area contributed by atoms with Gasteiger partial charge in [0.15, 0.2) is 0 Å². The summed E-state index contributed by atoms with van der Waals surface area (Å²) in [5.41, 5.74) is 1.57. The van der Waals surface area contributed by atoms with Crippen LogP contribution < -0.4 is 4.31 Å². The Hall–Kier alpha value is -2.45. The predicted octanol–water partition coefficient (Wildman–Crippen LogP) is 2.88. The van der Waals surface area contributed by atoms with Crippen molar-refractivity contribution in [3.63, 3.8) is 0 Å². The quantitative estimate of drug-likeness (QED) is 0.496. The lowest BCUT2D eigenvalue weighted by Crippen LogP contribution is -2.33. The van der Waals surface area contributed by atoms with Crippen molar-refractivity contribution in [3.8, 4) is 0 Å². The van der Waals surface area contributed by atoms with E-state index in [1.807, 2.05) is 25.2 Å². The molecule has 2 aromatic rings. The van der Waals surface area contributed by atoms with E-state index in [9.17, 15) is 18.5 Å². The van der Waals surface area contributed by atoms with Crippen LogP contribution in [0.25, 0.3) is 0 Å². The van der Waals surface area contributed by atoms with E-state index in [1.165, 1.54) is 34.1 Å². The van der Waals surface area contributed by atoms with Crippen LogP contribution in [0.1, 0.15) is 12.0 Å². The standard InChI is InChI=1S/C18H23N3O4S/c1-19(15-16-7-4-3-5-8-16)13-6-14-20(26(2,24)25)17-9-11-18(12-10-17)21(22)23/h3-5,7-12H,6,13-15H2,1-2H3. The molecule has 0 atom stereocenters. The molecule has 2 aromatic carbocycles. The Balaban J connectivity index is 1.97. The van der Waals surface area contributed by atoms with Crippen LogP contribution in [0.3, 0.4) is 0 Å². The summed E-state index contributed by atoms with van der Waals surface area (Å²) in [6.45, 7) is 1.83. The first kappa shape index (κ1) is 19.9. The number of anilines is 1. The fraction of sp³-hybridized carbons (Fsp3) is 0.333. The van der Waals surface area contributed by atoms with Crippen LogP contribution in [0, 0.1) is 10.1 Å². The first-order chi connectivity index (χ1) is 12.3. The number of sulfonamides is 1. The van der Waals surface area contributed by atoms with Gasteiger partial charge in [-0.3, -0.25) is 14.4 Å². The Morgan fingerprint density at radius 2 is 1.62 bits per heavy atom. The molecule has 0 fully saturated rings. The van der Waals surface area contributed by atoms with E-state index in [0.717, 1.165) is 19.3 Å². The fourth-order valence-corrected chi connectivity index (χ4v) is 3.65. The molecule has 0 heterocycles. The van der Waals surface area contributed by atoms with Crippen molar-refractivity contribution in [1.82, 2.24) is 4.90 Å². The van der Waals surface area contributed by atoms with Crippen molar-refractivity contribution in [2.75, 3.05) is 30.7 Å². The van der Waals surface area contributed by atoms with Crippen LogP contribution in [0.15, 0.2) is 54.6 Å². The number of non-ortho nitro benzene ring substituents is 1. The Bertz CT molecular complexity index is 823. The zero-order valence-corrected chi connectivity index (χ0v) is 15.7. The summed E-state index contributed by atoms with van der Waals surface area (Å²) in [7, 11) is -1.47. The maximum absolute atomic E-state index is 12.1. The fourth-order valence-electron chi connectivity index (χ4n) is 2.69. The molecule has 2 rings (SSSR count). The first-order valence-electron chi connectivity index (χ1n) is 8.22. The van der Waals surface area contributed by atoms with Crippen LogP contribution in [0.4, 0.5) is 11.4 Å². The van der Waals surface area contributed by atoms with Gasteiger partial charge in [0.2, 0.25) is 10.0 Å². The van der Waals surface area contributed by atoms with E-state index in [-0.39, 0.29) is 5.69 Å². The maximum atomic E-state index is 12.1. The average molecular weight is 377 g/mol. The summed E-state index contributed by atoms with van der Waals surface area (Å²) in [5.74, 6) is 0. The second kappa shape index (κ2) is 8.77. The van der Waals surface area contributed by atoms with Gasteiger partial charge < -0.3 is 4.90 Å². The van der Waals surface area contributed by atoms with E-state index >= 15 is 0 Å². The van der Waals surface area contributed by atoms with Crippen LogP contribution in [0.5, 0.6) is 0 Å². The van der Waals surface area contributed by atoms with E-state index in [1.54, 1.807) is 0 Å². The summed E-state index contributed by atoms with van der Waals surface area (Å²) in [6, 6.07) is 15.6. The highest BCUT2D eigenvalue weighted by Crippen LogP contribution is 2.21. The highest BCUT2D eigenvalue weighted by atomic mass is 32.2. The van der Waals surface area contributed by atoms with Crippen molar-refractivity contribution < 1.29 is 13.3 Å². The predicted molar refractivity (Wildman–Crippen MR) is 103 cm³/mol. The smallest absolute Gasteiger partial charge is 0.269 e. The number of hydrogen-bond acceptors (Lipinski definition) is 5. The highest BCUT2D eigenvalue weighted by molar-refractivity contribution is 7.92. The van der Waals surface area contributed by atoms with Crippen LogP contribution in [-0.4, -0.2) is 44.6 Å². The van der Waals surface area contributed by atoms with Gasteiger partial charge >= 0.3 is 0 Å². The largest absolute Gasteiger partial charge is 0.302 e. The zero-order chi connectivity index (χ0) is 19.2. The third kappa shape index (κ3) is 5.82. The molecule has 7 nitrogen and oxygen atoms in total. The Morgan fingerprint density at radius 1 is 1.00 bits per heavy atom. The summed E-state index contributed by atoms with van der Waals surface area (Å²) in [4.78, 5) is 12.4. The van der Waals surface area contributed by atoms with E-state index in [4.69, 9.17) is 0 Å². The molecule has 140 valence electrons. The SMILES string of the molecule is CN(CCCN(c1ccc([N+](=O)[O-])cc1)S(C)(=O)=O)Cc1ccccc1. The molecule has 0 radical (unpaired) electrons. The van der Waals surface area contributed by atoms with Crippen molar-refractivity contribution in [2.45, 2.75) is 13.0 Å². The second-order valence-electron chi connectivity index (χ2n) is 6.19. The van der Waals surface area contributed by atoms with Crippen molar-refractivity contribution in [3.05, 3.63) is 70.3 Å². The third-order valence-corrected chi connectivity index (χ3v) is 5.14. The molecule has 0 aromatic heterocycles. The third-order valence-electron chi connectivity index (χ3n) is 3.95. The van der Waals surface area contributed by atoms with Gasteiger partial charge in [-0.2, -0.15) is 0 Å². The molecular formula is C18H23N3O4S. The number of nitrogens with zero attached hydrogens (tertiary/aromatic N) is 3. The summed E-state index contributed by atoms with van der Waals surface area (Å²) in [6.07, 6.45) is 1.79. The molecule has 0 N–H and O–H groups in total. The lowest BCUT2D eigenvalue weighted by atomic mass is 10.2. The summed E-state index contributed by atoms with van der Waals surface area (Å²) in [5, 5.41) is 10.7. The summed E-state index contributed by atoms with van der Waals surface area (Å²) >= 11 is 0. The molecule has 0 bridgehead atoms. The minimum Gasteiger partial charge on any atom is -0.302 e. The van der Waals surface area contributed by atoms with Gasteiger partial charge in [-0.15, -0.1) is 0 Å². The topological polar surface area (TPSA) is 83.8 Å². The Morgan fingerprint density at radius 3 is 2.15 bits per heavy atom. The van der Waals surface area contributed by atoms with Crippen molar-refractivity contribution in [1.29, 1.82) is 0 Å². The van der Waals surface area contributed by atoms with Gasteiger partial charge in [0.05, 0.1) is 16.9 Å². The van der Waals surface area contributed by atoms with Gasteiger partial charge in [0, 0.05) is 25.2 Å². The number of nitro groups is 1. The normalized spacial score (nSPS) is 11.5. The molecule has 0 saturated carbocycles. The lowest BCUT2D eigenvalue weighted by molar-refractivity contribution is -0.384. The second-order valence-corrected chi connectivity index (χ2v) is 8.09. The van der Waals surface area contributed by atoms with E-state index in [0.29, 0.717) is 18.7 Å². The highest BCUT2D eigenvalue weighted by Gasteiger charge is 2.18. The molecule has 0 aliphatic heterocycles. The number of benzene rings is 2. The Labute approximate surface area is 154 Å². The minimum absolute atomic E-state index is 0.0650. The molecule has 0 saturated heterocycles. The van der Waals surface area contributed by atoms with Gasteiger partial charge in [-0.05, 0) is 37.7 Å². The lowest BCUT2D eigenvalue weighted by Gasteiger charge is -2.24. The Kier molecular flexibility index (Phi) is 6.70. The maximum Gasteiger partial charge on any atom is 0.269 e. The molecule has 0 aliphatic carbocycles. The average Bonchev–Trinajstić information content (AvgIpc) is 2.58. The monoisotopic (exact) mass is 377 g/mol. The minimum atomic E-state index is -3.46. The van der Waals surface area contributed by atoms with Crippen LogP contribution in [0.2, 0.25) is 0 Å². The molecule has 8 heteroatoms. The molecule has 0 aliphatic rings. The zero-order valence-electron chi connectivity index (χ0n) is 14.9.